The van der Waals surface area contributed by atoms with E-state index in [0.29, 0.717) is 28.7 Å². The van der Waals surface area contributed by atoms with E-state index in [2.05, 4.69) is 26.5 Å². The Morgan fingerprint density at radius 1 is 1.10 bits per heavy atom. The van der Waals surface area contributed by atoms with Crippen LogP contribution in [0.25, 0.3) is 0 Å². The minimum atomic E-state index is -0.376. The van der Waals surface area contributed by atoms with Crippen LogP contribution >= 0.6 is 27.5 Å². The first-order valence-corrected chi connectivity index (χ1v) is 9.87. The first-order valence-electron chi connectivity index (χ1n) is 8.70. The van der Waals surface area contributed by atoms with Crippen molar-refractivity contribution >= 4 is 39.7 Å². The molecule has 0 aliphatic carbocycles. The lowest BCUT2D eigenvalue weighted by atomic mass is 10.2. The molecule has 0 unspecified atom stereocenters. The number of benzene rings is 3. The zero-order valence-electron chi connectivity index (χ0n) is 15.6. The molecule has 0 radical (unpaired) electrons. The third-order valence-electron chi connectivity index (χ3n) is 4.00. The molecule has 0 saturated heterocycles. The van der Waals surface area contributed by atoms with E-state index < -0.39 is 0 Å². The number of nitrogens with one attached hydrogen (secondary N) is 1. The first kappa shape index (κ1) is 20.9. The molecule has 3 rings (SSSR count). The fraction of sp³-hybridized carbons (Fsp3) is 0.0909. The minimum Gasteiger partial charge on any atom is -0.496 e. The van der Waals surface area contributed by atoms with Crippen LogP contribution in [-0.4, -0.2) is 19.2 Å². The van der Waals surface area contributed by atoms with Crippen molar-refractivity contribution in [3.8, 4) is 11.5 Å². The molecule has 29 heavy (non-hydrogen) atoms. The van der Waals surface area contributed by atoms with Gasteiger partial charge in [0.15, 0.2) is 0 Å². The first-order chi connectivity index (χ1) is 14.1. The Balaban J connectivity index is 1.67. The lowest BCUT2D eigenvalue weighted by Crippen LogP contribution is -2.18. The lowest BCUT2D eigenvalue weighted by molar-refractivity contribution is 0.0952. The Hall–Kier alpha value is -2.83. The van der Waals surface area contributed by atoms with E-state index in [1.165, 1.54) is 7.11 Å². The van der Waals surface area contributed by atoms with E-state index in [1.807, 2.05) is 48.5 Å². The lowest BCUT2D eigenvalue weighted by Gasteiger charge is -2.09. The van der Waals surface area contributed by atoms with Gasteiger partial charge in [0, 0.05) is 15.1 Å². The molecule has 0 aliphatic heterocycles. The molecule has 3 aromatic carbocycles. The minimum absolute atomic E-state index is 0.376. The maximum atomic E-state index is 12.4. The SMILES string of the molecule is COc1ccc(Br)cc1C(=O)N/N=C\c1ccccc1OCc1ccc(Cl)cc1. The Labute approximate surface area is 182 Å². The van der Waals surface area contributed by atoms with E-state index in [9.17, 15) is 4.79 Å². The van der Waals surface area contributed by atoms with Gasteiger partial charge in [-0.15, -0.1) is 0 Å². The number of methoxy groups -OCH3 is 1. The molecular weight excluding hydrogens is 456 g/mol. The summed E-state index contributed by atoms with van der Waals surface area (Å²) in [5.74, 6) is 0.743. The summed E-state index contributed by atoms with van der Waals surface area (Å²) < 4.78 is 11.9. The van der Waals surface area contributed by atoms with Gasteiger partial charge >= 0.3 is 0 Å². The number of carbonyl (C=O) groups is 1. The second-order valence-corrected chi connectivity index (χ2v) is 7.35. The summed E-state index contributed by atoms with van der Waals surface area (Å²) in [4.78, 5) is 12.4. The van der Waals surface area contributed by atoms with Crippen LogP contribution in [0.5, 0.6) is 11.5 Å². The summed E-state index contributed by atoms with van der Waals surface area (Å²) in [5.41, 5.74) is 4.63. The predicted octanol–water partition coefficient (Wildman–Crippen LogP) is 5.45. The smallest absolute Gasteiger partial charge is 0.275 e. The maximum Gasteiger partial charge on any atom is 0.275 e. The fourth-order valence-corrected chi connectivity index (χ4v) is 3.03. The highest BCUT2D eigenvalue weighted by Gasteiger charge is 2.12. The number of nitrogens with zero attached hydrogens (tertiary/aromatic N) is 1. The van der Waals surface area contributed by atoms with Gasteiger partial charge in [0.25, 0.3) is 5.91 Å². The summed E-state index contributed by atoms with van der Waals surface area (Å²) in [6.07, 6.45) is 1.54. The number of rotatable bonds is 7. The van der Waals surface area contributed by atoms with Gasteiger partial charge < -0.3 is 9.47 Å². The van der Waals surface area contributed by atoms with Gasteiger partial charge in [-0.25, -0.2) is 5.43 Å². The zero-order valence-corrected chi connectivity index (χ0v) is 17.9. The molecule has 1 N–H and O–H groups in total. The summed E-state index contributed by atoms with van der Waals surface area (Å²) in [6.45, 7) is 0.392. The monoisotopic (exact) mass is 472 g/mol. The molecular formula is C22H18BrClN2O3. The Bertz CT molecular complexity index is 1020. The summed E-state index contributed by atoms with van der Waals surface area (Å²) in [5, 5.41) is 4.74. The number of carbonyl (C=O) groups excluding carboxylic acids is 1. The Kier molecular flexibility index (Phi) is 7.27. The van der Waals surface area contributed by atoms with Crippen LogP contribution in [0, 0.1) is 0 Å². The summed E-state index contributed by atoms with van der Waals surface area (Å²) >= 11 is 9.26. The van der Waals surface area contributed by atoms with Crippen molar-refractivity contribution < 1.29 is 14.3 Å². The molecule has 0 spiro atoms. The average Bonchev–Trinajstić information content (AvgIpc) is 2.74. The average molecular weight is 474 g/mol. The number of para-hydroxylation sites is 1. The van der Waals surface area contributed by atoms with Crippen LogP contribution in [0.3, 0.4) is 0 Å². The van der Waals surface area contributed by atoms with Gasteiger partial charge in [-0.1, -0.05) is 51.8 Å². The second-order valence-electron chi connectivity index (χ2n) is 6.00. The van der Waals surface area contributed by atoms with Crippen molar-refractivity contribution in [1.82, 2.24) is 5.43 Å². The number of hydrazone groups is 1. The number of halogens is 2. The topological polar surface area (TPSA) is 59.9 Å². The molecule has 0 fully saturated rings. The molecule has 148 valence electrons. The van der Waals surface area contributed by atoms with Crippen LogP contribution < -0.4 is 14.9 Å². The van der Waals surface area contributed by atoms with E-state index in [1.54, 1.807) is 24.4 Å². The van der Waals surface area contributed by atoms with Gasteiger partial charge in [-0.3, -0.25) is 4.79 Å². The second kappa shape index (κ2) is 10.1. The highest BCUT2D eigenvalue weighted by Crippen LogP contribution is 2.23. The van der Waals surface area contributed by atoms with Crippen molar-refractivity contribution in [3.63, 3.8) is 0 Å². The summed E-state index contributed by atoms with van der Waals surface area (Å²) in [6, 6.07) is 20.1. The van der Waals surface area contributed by atoms with E-state index in [0.717, 1.165) is 15.6 Å². The van der Waals surface area contributed by atoms with Crippen LogP contribution in [-0.2, 0) is 6.61 Å². The Morgan fingerprint density at radius 3 is 2.62 bits per heavy atom. The highest BCUT2D eigenvalue weighted by molar-refractivity contribution is 9.10. The van der Waals surface area contributed by atoms with Gasteiger partial charge in [0.05, 0.1) is 18.9 Å². The van der Waals surface area contributed by atoms with Gasteiger partial charge in [-0.2, -0.15) is 5.10 Å². The van der Waals surface area contributed by atoms with Crippen molar-refractivity contribution in [1.29, 1.82) is 0 Å². The van der Waals surface area contributed by atoms with Crippen LogP contribution in [0.2, 0.25) is 5.02 Å². The number of ether oxygens (including phenoxy) is 2. The normalized spacial score (nSPS) is 10.7. The Morgan fingerprint density at radius 2 is 1.86 bits per heavy atom. The van der Waals surface area contributed by atoms with E-state index >= 15 is 0 Å². The number of hydrogen-bond acceptors (Lipinski definition) is 4. The largest absolute Gasteiger partial charge is 0.496 e. The van der Waals surface area contributed by atoms with Crippen LogP contribution in [0.15, 0.2) is 76.3 Å². The molecule has 0 aliphatic rings. The summed E-state index contributed by atoms with van der Waals surface area (Å²) in [7, 11) is 1.51. The molecule has 0 aromatic heterocycles. The maximum absolute atomic E-state index is 12.4. The van der Waals surface area contributed by atoms with Crippen LogP contribution in [0.1, 0.15) is 21.5 Å². The predicted molar refractivity (Wildman–Crippen MR) is 118 cm³/mol. The number of hydrogen-bond donors (Lipinski definition) is 1. The third-order valence-corrected chi connectivity index (χ3v) is 4.75. The molecule has 0 atom stereocenters. The molecule has 0 heterocycles. The zero-order chi connectivity index (χ0) is 20.6. The molecule has 3 aromatic rings. The quantitative estimate of drug-likeness (QED) is 0.366. The molecule has 0 saturated carbocycles. The number of amides is 1. The van der Waals surface area contributed by atoms with E-state index in [4.69, 9.17) is 21.1 Å². The highest BCUT2D eigenvalue weighted by atomic mass is 79.9. The van der Waals surface area contributed by atoms with Gasteiger partial charge in [-0.05, 0) is 48.0 Å². The standard InChI is InChI=1S/C22H18BrClN2O3/c1-28-21-11-8-17(23)12-19(21)22(27)26-25-13-16-4-2-3-5-20(16)29-14-15-6-9-18(24)10-7-15/h2-13H,14H2,1H3,(H,26,27)/b25-13-. The van der Waals surface area contributed by atoms with Gasteiger partial charge in [0.1, 0.15) is 18.1 Å². The molecule has 7 heteroatoms. The van der Waals surface area contributed by atoms with Crippen molar-refractivity contribution in [2.45, 2.75) is 6.61 Å². The van der Waals surface area contributed by atoms with E-state index in [-0.39, 0.29) is 5.91 Å². The fourth-order valence-electron chi connectivity index (χ4n) is 2.54. The van der Waals surface area contributed by atoms with Crippen molar-refractivity contribution in [2.24, 2.45) is 5.10 Å². The van der Waals surface area contributed by atoms with Crippen molar-refractivity contribution in [2.75, 3.05) is 7.11 Å². The molecule has 5 nitrogen and oxygen atoms in total. The van der Waals surface area contributed by atoms with Crippen LogP contribution in [0.4, 0.5) is 0 Å². The van der Waals surface area contributed by atoms with Crippen molar-refractivity contribution in [3.05, 3.63) is 92.9 Å². The van der Waals surface area contributed by atoms with Gasteiger partial charge in [0.2, 0.25) is 0 Å². The third kappa shape index (κ3) is 5.82. The molecule has 0 bridgehead atoms. The molecule has 1 amide bonds.